The van der Waals surface area contributed by atoms with Gasteiger partial charge in [0.1, 0.15) is 0 Å². The Morgan fingerprint density at radius 2 is 1.39 bits per heavy atom. The molecule has 31 heavy (non-hydrogen) atoms. The van der Waals surface area contributed by atoms with Gasteiger partial charge in [-0.25, -0.2) is 0 Å². The quantitative estimate of drug-likeness (QED) is 0.623. The minimum Gasteiger partial charge on any atom is -0.352 e. The van der Waals surface area contributed by atoms with Crippen LogP contribution in [0.5, 0.6) is 0 Å². The number of amides is 3. The number of benzene rings is 2. The molecule has 3 amide bonds. The summed E-state index contributed by atoms with van der Waals surface area (Å²) < 4.78 is 0.910. The van der Waals surface area contributed by atoms with Crippen LogP contribution in [0.2, 0.25) is 0 Å². The minimum atomic E-state index is -0.189. The molecule has 1 N–H and O–H groups in total. The number of hydrogen-bond acceptors (Lipinski definition) is 3. The summed E-state index contributed by atoms with van der Waals surface area (Å²) in [6, 6.07) is 17.3. The Bertz CT molecular complexity index is 879. The van der Waals surface area contributed by atoms with Crippen LogP contribution in [-0.4, -0.2) is 60.2 Å². The predicted molar refractivity (Wildman–Crippen MR) is 124 cm³/mol. The highest BCUT2D eigenvalue weighted by Crippen LogP contribution is 2.11. The molecule has 164 valence electrons. The lowest BCUT2D eigenvalue weighted by Gasteiger charge is -2.35. The first-order valence-corrected chi connectivity index (χ1v) is 11.5. The molecule has 0 bridgehead atoms. The van der Waals surface area contributed by atoms with Crippen molar-refractivity contribution in [2.75, 3.05) is 32.7 Å². The van der Waals surface area contributed by atoms with E-state index >= 15 is 0 Å². The van der Waals surface area contributed by atoms with Crippen molar-refractivity contribution in [3.63, 3.8) is 0 Å². The van der Waals surface area contributed by atoms with Crippen molar-refractivity contribution in [2.45, 2.75) is 25.7 Å². The molecular weight excluding hydrogens is 458 g/mol. The number of nitrogens with zero attached hydrogens (tertiary/aromatic N) is 2. The number of carbonyl (C=O) groups excluding carboxylic acids is 3. The largest absolute Gasteiger partial charge is 0.352 e. The zero-order chi connectivity index (χ0) is 22.1. The van der Waals surface area contributed by atoms with Gasteiger partial charge < -0.3 is 15.1 Å². The fourth-order valence-electron chi connectivity index (χ4n) is 3.60. The summed E-state index contributed by atoms with van der Waals surface area (Å²) in [5, 5.41) is 2.79. The molecule has 0 aromatic heterocycles. The van der Waals surface area contributed by atoms with E-state index in [1.165, 1.54) is 5.56 Å². The number of rotatable bonds is 8. The van der Waals surface area contributed by atoms with Crippen molar-refractivity contribution in [3.05, 3.63) is 70.2 Å². The number of carbonyl (C=O) groups is 3. The molecular formula is C24H28BrN3O3. The maximum Gasteiger partial charge on any atom is 0.251 e. The van der Waals surface area contributed by atoms with Gasteiger partial charge in [0.2, 0.25) is 11.8 Å². The van der Waals surface area contributed by atoms with Crippen LogP contribution in [0.3, 0.4) is 0 Å². The summed E-state index contributed by atoms with van der Waals surface area (Å²) in [6.45, 7) is 2.53. The highest BCUT2D eigenvalue weighted by atomic mass is 79.9. The van der Waals surface area contributed by atoms with Crippen LogP contribution in [0.15, 0.2) is 59.1 Å². The van der Waals surface area contributed by atoms with Gasteiger partial charge in [-0.1, -0.05) is 46.3 Å². The zero-order valence-corrected chi connectivity index (χ0v) is 19.1. The van der Waals surface area contributed by atoms with Crippen molar-refractivity contribution >= 4 is 33.7 Å². The van der Waals surface area contributed by atoms with Crippen LogP contribution in [0.1, 0.15) is 35.2 Å². The topological polar surface area (TPSA) is 69.7 Å². The van der Waals surface area contributed by atoms with Gasteiger partial charge in [0, 0.05) is 55.6 Å². The first-order chi connectivity index (χ1) is 15.0. The predicted octanol–water partition coefficient (Wildman–Crippen LogP) is 3.26. The first kappa shape index (κ1) is 23.0. The van der Waals surface area contributed by atoms with Crippen molar-refractivity contribution in [3.8, 4) is 0 Å². The molecule has 0 atom stereocenters. The lowest BCUT2D eigenvalue weighted by Crippen LogP contribution is -2.51. The molecule has 0 saturated carbocycles. The molecule has 1 saturated heterocycles. The molecule has 6 nitrogen and oxygen atoms in total. The smallest absolute Gasteiger partial charge is 0.251 e. The van der Waals surface area contributed by atoms with Crippen LogP contribution in [0.4, 0.5) is 0 Å². The van der Waals surface area contributed by atoms with Crippen molar-refractivity contribution in [1.82, 2.24) is 15.1 Å². The second kappa shape index (κ2) is 11.6. The van der Waals surface area contributed by atoms with Gasteiger partial charge in [0.05, 0.1) is 0 Å². The second-order valence-electron chi connectivity index (χ2n) is 7.61. The summed E-state index contributed by atoms with van der Waals surface area (Å²) in [7, 11) is 0. The van der Waals surface area contributed by atoms with E-state index < -0.39 is 0 Å². The van der Waals surface area contributed by atoms with Crippen LogP contribution < -0.4 is 5.32 Å². The van der Waals surface area contributed by atoms with Crippen molar-refractivity contribution < 1.29 is 14.4 Å². The molecule has 0 aliphatic carbocycles. The molecule has 0 radical (unpaired) electrons. The maximum absolute atomic E-state index is 12.4. The summed E-state index contributed by atoms with van der Waals surface area (Å²) >= 11 is 3.34. The fourth-order valence-corrected chi connectivity index (χ4v) is 3.86. The Morgan fingerprint density at radius 3 is 2.00 bits per heavy atom. The van der Waals surface area contributed by atoms with Gasteiger partial charge in [0.15, 0.2) is 0 Å². The van der Waals surface area contributed by atoms with Gasteiger partial charge in [-0.2, -0.15) is 0 Å². The molecule has 2 aromatic carbocycles. The fraction of sp³-hybridized carbons (Fsp3) is 0.375. The SMILES string of the molecule is O=C(NCCC(=O)N1CCN(C(=O)CCCc2ccccc2)CC1)c1ccc(Br)cc1. The lowest BCUT2D eigenvalue weighted by molar-refractivity contribution is -0.139. The minimum absolute atomic E-state index is 0.00674. The molecule has 3 rings (SSSR count). The monoisotopic (exact) mass is 485 g/mol. The van der Waals surface area contributed by atoms with Crippen molar-refractivity contribution in [1.29, 1.82) is 0 Å². The normalized spacial score (nSPS) is 13.7. The van der Waals surface area contributed by atoms with E-state index in [1.54, 1.807) is 17.0 Å². The third-order valence-corrected chi connectivity index (χ3v) is 5.94. The third kappa shape index (κ3) is 7.21. The molecule has 0 unspecified atom stereocenters. The number of nitrogens with one attached hydrogen (secondary N) is 1. The van der Waals surface area contributed by atoms with Gasteiger partial charge >= 0.3 is 0 Å². The van der Waals surface area contributed by atoms with E-state index in [4.69, 9.17) is 0 Å². The summed E-state index contributed by atoms with van der Waals surface area (Å²) in [6.07, 6.45) is 2.52. The Labute approximate surface area is 191 Å². The Hall–Kier alpha value is -2.67. The van der Waals surface area contributed by atoms with Crippen LogP contribution in [-0.2, 0) is 16.0 Å². The number of halogens is 1. The molecule has 7 heteroatoms. The average Bonchev–Trinajstić information content (AvgIpc) is 2.80. The molecule has 2 aromatic rings. The summed E-state index contributed by atoms with van der Waals surface area (Å²) in [4.78, 5) is 40.6. The third-order valence-electron chi connectivity index (χ3n) is 5.41. The number of hydrogen-bond donors (Lipinski definition) is 1. The highest BCUT2D eigenvalue weighted by Gasteiger charge is 2.23. The zero-order valence-electron chi connectivity index (χ0n) is 17.6. The van der Waals surface area contributed by atoms with Gasteiger partial charge in [-0.3, -0.25) is 14.4 Å². The van der Waals surface area contributed by atoms with Crippen LogP contribution >= 0.6 is 15.9 Å². The summed E-state index contributed by atoms with van der Waals surface area (Å²) in [5.74, 6) is -0.0247. The van der Waals surface area contributed by atoms with E-state index in [1.807, 2.05) is 35.2 Å². The molecule has 1 heterocycles. The van der Waals surface area contributed by atoms with Gasteiger partial charge in [-0.15, -0.1) is 0 Å². The van der Waals surface area contributed by atoms with E-state index in [9.17, 15) is 14.4 Å². The highest BCUT2D eigenvalue weighted by molar-refractivity contribution is 9.10. The van der Waals surface area contributed by atoms with E-state index in [0.29, 0.717) is 44.7 Å². The summed E-state index contributed by atoms with van der Waals surface area (Å²) in [5.41, 5.74) is 1.81. The first-order valence-electron chi connectivity index (χ1n) is 10.7. The standard InChI is InChI=1S/C24H28BrN3O3/c25-21-11-9-20(10-12-21)24(31)26-14-13-23(30)28-17-15-27(16-18-28)22(29)8-4-7-19-5-2-1-3-6-19/h1-3,5-6,9-12H,4,7-8,13-18H2,(H,26,31). The maximum atomic E-state index is 12.4. The molecule has 1 aliphatic heterocycles. The van der Waals surface area contributed by atoms with E-state index in [0.717, 1.165) is 17.3 Å². The van der Waals surface area contributed by atoms with E-state index in [2.05, 4.69) is 33.4 Å². The molecule has 1 aliphatic rings. The van der Waals surface area contributed by atoms with Crippen LogP contribution in [0.25, 0.3) is 0 Å². The van der Waals surface area contributed by atoms with Crippen LogP contribution in [0, 0.1) is 0 Å². The van der Waals surface area contributed by atoms with E-state index in [-0.39, 0.29) is 24.1 Å². The average molecular weight is 486 g/mol. The number of piperazine rings is 1. The Morgan fingerprint density at radius 1 is 0.806 bits per heavy atom. The van der Waals surface area contributed by atoms with Gasteiger partial charge in [-0.05, 0) is 42.7 Å². The Balaban J connectivity index is 1.32. The number of aryl methyl sites for hydroxylation is 1. The second-order valence-corrected chi connectivity index (χ2v) is 8.53. The Kier molecular flexibility index (Phi) is 8.64. The lowest BCUT2D eigenvalue weighted by atomic mass is 10.1. The molecule has 1 fully saturated rings. The van der Waals surface area contributed by atoms with Crippen molar-refractivity contribution in [2.24, 2.45) is 0 Å². The van der Waals surface area contributed by atoms with Gasteiger partial charge in [0.25, 0.3) is 5.91 Å². The molecule has 0 spiro atoms.